The number of nitrogens with zero attached hydrogens (tertiary/aromatic N) is 1. The molecule has 0 aliphatic carbocycles. The average molecular weight is 369 g/mol. The first-order valence-electron chi connectivity index (χ1n) is 7.91. The van der Waals surface area contributed by atoms with Crippen LogP contribution in [0.2, 0.25) is 0 Å². The largest absolute Gasteiger partial charge is 0.488 e. The molecular formula is C20H16FNO3S. The summed E-state index contributed by atoms with van der Waals surface area (Å²) < 4.78 is 18.8. The molecule has 0 saturated carbocycles. The molecule has 0 radical (unpaired) electrons. The maximum atomic E-state index is 13.0. The van der Waals surface area contributed by atoms with Gasteiger partial charge in [-0.15, -0.1) is 6.58 Å². The fraction of sp³-hybridized carbons (Fsp3) is 0.100. The number of carbonyl (C=O) groups is 2. The van der Waals surface area contributed by atoms with Crippen LogP contribution in [-0.4, -0.2) is 22.6 Å². The Morgan fingerprint density at radius 2 is 1.85 bits per heavy atom. The van der Waals surface area contributed by atoms with Crippen molar-refractivity contribution >= 4 is 29.0 Å². The molecule has 4 nitrogen and oxygen atoms in total. The summed E-state index contributed by atoms with van der Waals surface area (Å²) in [5.41, 5.74) is 1.52. The molecular weight excluding hydrogens is 353 g/mol. The van der Waals surface area contributed by atoms with Gasteiger partial charge in [0.25, 0.3) is 11.1 Å². The molecule has 2 aromatic carbocycles. The lowest BCUT2D eigenvalue weighted by atomic mass is 10.1. The van der Waals surface area contributed by atoms with E-state index in [4.69, 9.17) is 4.74 Å². The van der Waals surface area contributed by atoms with E-state index in [1.807, 2.05) is 18.2 Å². The Morgan fingerprint density at radius 3 is 2.58 bits per heavy atom. The Kier molecular flexibility index (Phi) is 5.53. The number of halogens is 1. The molecule has 1 aliphatic rings. The van der Waals surface area contributed by atoms with E-state index in [9.17, 15) is 14.0 Å². The van der Waals surface area contributed by atoms with E-state index in [2.05, 4.69) is 6.58 Å². The summed E-state index contributed by atoms with van der Waals surface area (Å²) in [6, 6.07) is 13.3. The Balaban J connectivity index is 1.79. The lowest BCUT2D eigenvalue weighted by Crippen LogP contribution is -2.27. The molecule has 2 aromatic rings. The molecule has 132 valence electrons. The highest BCUT2D eigenvalue weighted by molar-refractivity contribution is 8.18. The predicted octanol–water partition coefficient (Wildman–Crippen LogP) is 4.63. The van der Waals surface area contributed by atoms with Crippen molar-refractivity contribution in [1.82, 2.24) is 4.90 Å². The molecule has 0 spiro atoms. The lowest BCUT2D eigenvalue weighted by molar-refractivity contribution is -0.122. The first-order chi connectivity index (χ1) is 12.6. The number of imide groups is 1. The quantitative estimate of drug-likeness (QED) is 0.550. The molecule has 0 aromatic heterocycles. The average Bonchev–Trinajstić information content (AvgIpc) is 2.90. The minimum Gasteiger partial charge on any atom is -0.488 e. The van der Waals surface area contributed by atoms with Crippen LogP contribution < -0.4 is 4.74 Å². The normalized spacial score (nSPS) is 15.6. The van der Waals surface area contributed by atoms with Crippen molar-refractivity contribution in [2.24, 2.45) is 0 Å². The Morgan fingerprint density at radius 1 is 1.12 bits per heavy atom. The van der Waals surface area contributed by atoms with Crippen LogP contribution in [0.4, 0.5) is 9.18 Å². The molecule has 0 unspecified atom stereocenters. The Hall–Kier alpha value is -2.86. The van der Waals surface area contributed by atoms with Gasteiger partial charge in [-0.1, -0.05) is 36.4 Å². The van der Waals surface area contributed by atoms with Gasteiger partial charge in [-0.3, -0.25) is 14.5 Å². The zero-order valence-corrected chi connectivity index (χ0v) is 14.7. The number of hydrogen-bond donors (Lipinski definition) is 0. The highest BCUT2D eigenvalue weighted by Gasteiger charge is 2.34. The van der Waals surface area contributed by atoms with Gasteiger partial charge >= 0.3 is 0 Å². The van der Waals surface area contributed by atoms with Crippen LogP contribution in [0.15, 0.2) is 66.1 Å². The SMILES string of the molecule is C=CCN1C(=O)S/C(=C/c2ccccc2OCc2ccc(F)cc2)C1=O. The first kappa shape index (κ1) is 17.9. The third kappa shape index (κ3) is 4.03. The van der Waals surface area contributed by atoms with E-state index in [1.165, 1.54) is 18.2 Å². The minimum atomic E-state index is -0.340. The summed E-state index contributed by atoms with van der Waals surface area (Å²) in [6.07, 6.45) is 3.16. The van der Waals surface area contributed by atoms with Crippen molar-refractivity contribution < 1.29 is 18.7 Å². The fourth-order valence-electron chi connectivity index (χ4n) is 2.40. The lowest BCUT2D eigenvalue weighted by Gasteiger charge is -2.10. The smallest absolute Gasteiger partial charge is 0.293 e. The second kappa shape index (κ2) is 8.01. The molecule has 0 N–H and O–H groups in total. The van der Waals surface area contributed by atoms with Crippen molar-refractivity contribution in [3.8, 4) is 5.75 Å². The van der Waals surface area contributed by atoms with Crippen LogP contribution in [0.25, 0.3) is 6.08 Å². The summed E-state index contributed by atoms with van der Waals surface area (Å²) in [5, 5.41) is -0.314. The third-order valence-electron chi connectivity index (χ3n) is 3.70. The predicted molar refractivity (Wildman–Crippen MR) is 100 cm³/mol. The number of hydrogen-bond acceptors (Lipinski definition) is 4. The van der Waals surface area contributed by atoms with E-state index in [1.54, 1.807) is 24.3 Å². The van der Waals surface area contributed by atoms with Crippen LogP contribution in [0, 0.1) is 5.82 Å². The molecule has 0 atom stereocenters. The van der Waals surface area contributed by atoms with E-state index >= 15 is 0 Å². The number of para-hydroxylation sites is 1. The number of ether oxygens (including phenoxy) is 1. The molecule has 2 amide bonds. The maximum absolute atomic E-state index is 13.0. The molecule has 0 bridgehead atoms. The summed E-state index contributed by atoms with van der Waals surface area (Å²) in [7, 11) is 0. The first-order valence-corrected chi connectivity index (χ1v) is 8.72. The monoisotopic (exact) mass is 369 g/mol. The topological polar surface area (TPSA) is 46.6 Å². The molecule has 1 heterocycles. The fourth-order valence-corrected chi connectivity index (χ4v) is 3.24. The summed E-state index contributed by atoms with van der Waals surface area (Å²) in [4.78, 5) is 25.7. The number of rotatable bonds is 6. The molecule has 26 heavy (non-hydrogen) atoms. The van der Waals surface area contributed by atoms with E-state index < -0.39 is 0 Å². The maximum Gasteiger partial charge on any atom is 0.293 e. The second-order valence-corrected chi connectivity index (χ2v) is 6.53. The highest BCUT2D eigenvalue weighted by Crippen LogP contribution is 2.34. The van der Waals surface area contributed by atoms with E-state index in [0.717, 1.165) is 22.2 Å². The van der Waals surface area contributed by atoms with Gasteiger partial charge < -0.3 is 4.74 Å². The second-order valence-electron chi connectivity index (χ2n) is 5.53. The van der Waals surface area contributed by atoms with Crippen molar-refractivity contribution in [2.75, 3.05) is 6.54 Å². The van der Waals surface area contributed by atoms with Crippen LogP contribution in [-0.2, 0) is 11.4 Å². The number of carbonyl (C=O) groups excluding carboxylic acids is 2. The molecule has 1 fully saturated rings. The summed E-state index contributed by atoms with van der Waals surface area (Å²) in [5.74, 6) is -0.0648. The molecule has 6 heteroatoms. The van der Waals surface area contributed by atoms with Gasteiger partial charge in [0.05, 0.1) is 4.91 Å². The van der Waals surface area contributed by atoms with Gasteiger partial charge in [0.2, 0.25) is 0 Å². The van der Waals surface area contributed by atoms with Crippen molar-refractivity contribution in [1.29, 1.82) is 0 Å². The third-order valence-corrected chi connectivity index (χ3v) is 4.61. The van der Waals surface area contributed by atoms with Crippen LogP contribution in [0.1, 0.15) is 11.1 Å². The molecule has 1 saturated heterocycles. The molecule has 3 rings (SSSR count). The van der Waals surface area contributed by atoms with Crippen LogP contribution in [0.5, 0.6) is 5.75 Å². The number of benzene rings is 2. The van der Waals surface area contributed by atoms with Gasteiger partial charge in [0.15, 0.2) is 0 Å². The zero-order valence-electron chi connectivity index (χ0n) is 13.9. The summed E-state index contributed by atoms with van der Waals surface area (Å²) >= 11 is 0.895. The standard InChI is InChI=1S/C20H16FNO3S/c1-2-11-22-19(23)18(26-20(22)24)12-15-5-3-4-6-17(15)25-13-14-7-9-16(21)10-8-14/h2-10,12H,1,11,13H2/b18-12+. The van der Waals surface area contributed by atoms with Crippen molar-refractivity contribution in [2.45, 2.75) is 6.61 Å². The van der Waals surface area contributed by atoms with Crippen LogP contribution >= 0.6 is 11.8 Å². The van der Waals surface area contributed by atoms with Crippen LogP contribution in [0.3, 0.4) is 0 Å². The summed E-state index contributed by atoms with van der Waals surface area (Å²) in [6.45, 7) is 4.01. The molecule has 1 aliphatic heterocycles. The van der Waals surface area contributed by atoms with Gasteiger partial charge in [-0.25, -0.2) is 4.39 Å². The van der Waals surface area contributed by atoms with Gasteiger partial charge in [-0.2, -0.15) is 0 Å². The number of thioether (sulfide) groups is 1. The Labute approximate surface area is 155 Å². The number of amides is 2. The Bertz CT molecular complexity index is 877. The zero-order chi connectivity index (χ0) is 18.5. The highest BCUT2D eigenvalue weighted by atomic mass is 32.2. The van der Waals surface area contributed by atoms with Gasteiger partial charge in [-0.05, 0) is 41.6 Å². The van der Waals surface area contributed by atoms with Crippen molar-refractivity contribution in [3.05, 3.63) is 83.0 Å². The van der Waals surface area contributed by atoms with E-state index in [-0.39, 0.29) is 30.1 Å². The minimum absolute atomic E-state index is 0.185. The van der Waals surface area contributed by atoms with E-state index in [0.29, 0.717) is 16.2 Å². The van der Waals surface area contributed by atoms with Gasteiger partial charge in [0, 0.05) is 12.1 Å². The van der Waals surface area contributed by atoms with Gasteiger partial charge in [0.1, 0.15) is 18.2 Å². The van der Waals surface area contributed by atoms with Crippen molar-refractivity contribution in [3.63, 3.8) is 0 Å².